The largest absolute Gasteiger partial charge is 0.488 e. The SMILES string of the molecule is CC(=O)NC1=NC(=O)/C(=C\c2cc(Cl)ccc2OCc2ccccc2F)S1. The molecule has 138 valence electrons. The Labute approximate surface area is 164 Å². The van der Waals surface area contributed by atoms with E-state index in [1.54, 1.807) is 42.5 Å². The van der Waals surface area contributed by atoms with Crippen LogP contribution < -0.4 is 10.1 Å². The summed E-state index contributed by atoms with van der Waals surface area (Å²) in [4.78, 5) is 27.2. The second kappa shape index (κ2) is 8.37. The van der Waals surface area contributed by atoms with Crippen molar-refractivity contribution < 1.29 is 18.7 Å². The first-order chi connectivity index (χ1) is 12.9. The van der Waals surface area contributed by atoms with Gasteiger partial charge in [-0.3, -0.25) is 9.59 Å². The molecule has 0 aliphatic carbocycles. The van der Waals surface area contributed by atoms with Gasteiger partial charge in [-0.25, -0.2) is 4.39 Å². The summed E-state index contributed by atoms with van der Waals surface area (Å²) in [5.41, 5.74) is 0.961. The van der Waals surface area contributed by atoms with E-state index in [9.17, 15) is 14.0 Å². The molecule has 1 aliphatic heterocycles. The van der Waals surface area contributed by atoms with Crippen molar-refractivity contribution in [1.29, 1.82) is 0 Å². The number of ether oxygens (including phenoxy) is 1. The fraction of sp³-hybridized carbons (Fsp3) is 0.105. The summed E-state index contributed by atoms with van der Waals surface area (Å²) in [6.45, 7) is 1.36. The number of carbonyl (C=O) groups is 2. The van der Waals surface area contributed by atoms with Gasteiger partial charge in [-0.1, -0.05) is 29.8 Å². The van der Waals surface area contributed by atoms with Crippen molar-refractivity contribution >= 4 is 46.4 Å². The minimum Gasteiger partial charge on any atom is -0.488 e. The van der Waals surface area contributed by atoms with Crippen LogP contribution in [0.4, 0.5) is 4.39 Å². The van der Waals surface area contributed by atoms with Gasteiger partial charge in [-0.2, -0.15) is 4.99 Å². The average Bonchev–Trinajstić information content (AvgIpc) is 2.94. The quantitative estimate of drug-likeness (QED) is 0.777. The van der Waals surface area contributed by atoms with Crippen molar-refractivity contribution in [3.63, 3.8) is 0 Å². The lowest BCUT2D eigenvalue weighted by Crippen LogP contribution is -2.23. The Balaban J connectivity index is 1.82. The first kappa shape index (κ1) is 19.1. The molecular weight excluding hydrogens is 391 g/mol. The maximum atomic E-state index is 13.8. The number of aliphatic imine (C=N–C) groups is 1. The fourth-order valence-electron chi connectivity index (χ4n) is 2.29. The highest BCUT2D eigenvalue weighted by Crippen LogP contribution is 2.32. The van der Waals surface area contributed by atoms with Crippen molar-refractivity contribution in [2.45, 2.75) is 13.5 Å². The van der Waals surface area contributed by atoms with Crippen LogP contribution in [0.15, 0.2) is 52.4 Å². The Morgan fingerprint density at radius 3 is 2.85 bits per heavy atom. The maximum Gasteiger partial charge on any atom is 0.286 e. The monoisotopic (exact) mass is 404 g/mol. The zero-order chi connectivity index (χ0) is 19.4. The summed E-state index contributed by atoms with van der Waals surface area (Å²) < 4.78 is 19.5. The van der Waals surface area contributed by atoms with E-state index in [1.165, 1.54) is 13.0 Å². The maximum absolute atomic E-state index is 13.8. The first-order valence-electron chi connectivity index (χ1n) is 7.88. The lowest BCUT2D eigenvalue weighted by atomic mass is 10.1. The van der Waals surface area contributed by atoms with Gasteiger partial charge in [0.15, 0.2) is 5.17 Å². The number of hydrogen-bond acceptors (Lipinski definition) is 4. The van der Waals surface area contributed by atoms with Crippen LogP contribution in [-0.4, -0.2) is 17.0 Å². The van der Waals surface area contributed by atoms with Crippen LogP contribution in [0.2, 0.25) is 5.02 Å². The molecular formula is C19H14ClFN2O3S. The Morgan fingerprint density at radius 1 is 1.33 bits per heavy atom. The van der Waals surface area contributed by atoms with E-state index < -0.39 is 5.91 Å². The molecule has 1 N–H and O–H groups in total. The summed E-state index contributed by atoms with van der Waals surface area (Å²) in [5.74, 6) is -0.700. The van der Waals surface area contributed by atoms with Crippen molar-refractivity contribution in [3.8, 4) is 5.75 Å². The minimum absolute atomic E-state index is 0.0270. The topological polar surface area (TPSA) is 67.8 Å². The van der Waals surface area contributed by atoms with E-state index >= 15 is 0 Å². The molecule has 0 spiro atoms. The van der Waals surface area contributed by atoms with Gasteiger partial charge in [0.1, 0.15) is 18.2 Å². The predicted molar refractivity (Wildman–Crippen MR) is 104 cm³/mol. The number of carbonyl (C=O) groups excluding carboxylic acids is 2. The zero-order valence-electron chi connectivity index (χ0n) is 14.2. The number of thioether (sulfide) groups is 1. The highest BCUT2D eigenvalue weighted by molar-refractivity contribution is 8.18. The lowest BCUT2D eigenvalue weighted by molar-refractivity contribution is -0.117. The van der Waals surface area contributed by atoms with Crippen LogP contribution in [0.25, 0.3) is 6.08 Å². The molecule has 5 nitrogen and oxygen atoms in total. The molecule has 0 saturated carbocycles. The van der Waals surface area contributed by atoms with Crippen LogP contribution in [-0.2, 0) is 16.2 Å². The van der Waals surface area contributed by atoms with Gasteiger partial charge in [-0.05, 0) is 42.1 Å². The number of rotatable bonds is 4. The third-order valence-corrected chi connectivity index (χ3v) is 4.64. The molecule has 0 saturated heterocycles. The number of halogens is 2. The smallest absolute Gasteiger partial charge is 0.286 e. The van der Waals surface area contributed by atoms with E-state index in [0.29, 0.717) is 26.8 Å². The summed E-state index contributed by atoms with van der Waals surface area (Å²) in [5, 5.41) is 3.15. The van der Waals surface area contributed by atoms with Crippen LogP contribution in [0, 0.1) is 5.82 Å². The molecule has 3 rings (SSSR count). The second-order valence-electron chi connectivity index (χ2n) is 5.58. The molecule has 0 atom stereocenters. The van der Waals surface area contributed by atoms with Crippen LogP contribution in [0.5, 0.6) is 5.75 Å². The van der Waals surface area contributed by atoms with Gasteiger partial charge in [0.2, 0.25) is 5.91 Å². The standard InChI is InChI=1S/C19H14ClFN2O3S/c1-11(24)22-19-23-18(25)17(27-19)9-13-8-14(20)6-7-16(13)26-10-12-4-2-3-5-15(12)21/h2-9H,10H2,1H3,(H,22,23,24,25)/b17-9+. The molecule has 0 bridgehead atoms. The molecule has 0 aromatic heterocycles. The molecule has 1 heterocycles. The van der Waals surface area contributed by atoms with Gasteiger partial charge in [-0.15, -0.1) is 0 Å². The summed E-state index contributed by atoms with van der Waals surface area (Å²) >= 11 is 7.10. The molecule has 0 fully saturated rings. The molecule has 2 aromatic rings. The molecule has 0 unspecified atom stereocenters. The van der Waals surface area contributed by atoms with E-state index in [1.807, 2.05) is 0 Å². The fourth-order valence-corrected chi connectivity index (χ4v) is 3.32. The summed E-state index contributed by atoms with van der Waals surface area (Å²) in [6, 6.07) is 11.2. The van der Waals surface area contributed by atoms with Crippen LogP contribution >= 0.6 is 23.4 Å². The Kier molecular flexibility index (Phi) is 5.93. The molecule has 1 aliphatic rings. The Morgan fingerprint density at radius 2 is 2.11 bits per heavy atom. The predicted octanol–water partition coefficient (Wildman–Crippen LogP) is 4.16. The number of amides is 2. The van der Waals surface area contributed by atoms with Crippen molar-refractivity contribution in [2.24, 2.45) is 4.99 Å². The van der Waals surface area contributed by atoms with E-state index in [2.05, 4.69) is 10.3 Å². The van der Waals surface area contributed by atoms with Gasteiger partial charge in [0.05, 0.1) is 4.91 Å². The molecule has 27 heavy (non-hydrogen) atoms. The Bertz CT molecular complexity index is 975. The second-order valence-corrected chi connectivity index (χ2v) is 7.04. The summed E-state index contributed by atoms with van der Waals surface area (Å²) in [6.07, 6.45) is 1.58. The lowest BCUT2D eigenvalue weighted by Gasteiger charge is -2.11. The first-order valence-corrected chi connectivity index (χ1v) is 9.08. The number of amidine groups is 1. The molecule has 0 radical (unpaired) electrons. The highest BCUT2D eigenvalue weighted by Gasteiger charge is 2.23. The zero-order valence-corrected chi connectivity index (χ0v) is 15.7. The third-order valence-electron chi connectivity index (χ3n) is 3.50. The molecule has 2 aromatic carbocycles. The minimum atomic E-state index is -0.469. The number of nitrogens with one attached hydrogen (secondary N) is 1. The van der Waals surface area contributed by atoms with Crippen LogP contribution in [0.1, 0.15) is 18.1 Å². The molecule has 2 amide bonds. The highest BCUT2D eigenvalue weighted by atomic mass is 35.5. The van der Waals surface area contributed by atoms with Crippen molar-refractivity contribution in [3.05, 3.63) is 69.3 Å². The Hall–Kier alpha value is -2.64. The number of hydrogen-bond donors (Lipinski definition) is 1. The van der Waals surface area contributed by atoms with E-state index in [-0.39, 0.29) is 23.5 Å². The normalized spacial score (nSPS) is 15.0. The number of nitrogens with zero attached hydrogens (tertiary/aromatic N) is 1. The average molecular weight is 405 g/mol. The van der Waals surface area contributed by atoms with Crippen molar-refractivity contribution in [1.82, 2.24) is 5.32 Å². The van der Waals surface area contributed by atoms with E-state index in [0.717, 1.165) is 11.8 Å². The van der Waals surface area contributed by atoms with Gasteiger partial charge in [0.25, 0.3) is 5.91 Å². The van der Waals surface area contributed by atoms with Gasteiger partial charge < -0.3 is 10.1 Å². The van der Waals surface area contributed by atoms with Crippen molar-refractivity contribution in [2.75, 3.05) is 0 Å². The molecule has 8 heteroatoms. The number of benzene rings is 2. The van der Waals surface area contributed by atoms with Crippen LogP contribution in [0.3, 0.4) is 0 Å². The third kappa shape index (κ3) is 4.96. The van der Waals surface area contributed by atoms with Gasteiger partial charge >= 0.3 is 0 Å². The van der Waals surface area contributed by atoms with Gasteiger partial charge in [0, 0.05) is 23.1 Å². The summed E-state index contributed by atoms with van der Waals surface area (Å²) in [7, 11) is 0. The van der Waals surface area contributed by atoms with E-state index in [4.69, 9.17) is 16.3 Å².